The van der Waals surface area contributed by atoms with E-state index in [-0.39, 0.29) is 0 Å². The topological polar surface area (TPSA) is 56.9 Å². The van der Waals surface area contributed by atoms with Crippen molar-refractivity contribution in [1.82, 2.24) is 24.6 Å². The molecule has 0 saturated heterocycles. The zero-order chi connectivity index (χ0) is 17.8. The number of rotatable bonds is 7. The minimum Gasteiger partial charge on any atom is -0.481 e. The number of hydrogen-bond acceptors (Lipinski definition) is 4. The number of nitrogens with zero attached hydrogens (tertiary/aromatic N) is 4. The van der Waals surface area contributed by atoms with Gasteiger partial charge in [0.25, 0.3) is 0 Å². The van der Waals surface area contributed by atoms with Crippen molar-refractivity contribution < 1.29 is 4.74 Å². The van der Waals surface area contributed by atoms with Gasteiger partial charge in [-0.25, -0.2) is 9.67 Å². The quantitative estimate of drug-likeness (QED) is 0.719. The Morgan fingerprint density at radius 1 is 1.16 bits per heavy atom. The first kappa shape index (κ1) is 17.2. The number of methoxy groups -OCH3 is 1. The third kappa shape index (κ3) is 3.91. The van der Waals surface area contributed by atoms with Gasteiger partial charge in [-0.1, -0.05) is 24.3 Å². The van der Waals surface area contributed by atoms with Gasteiger partial charge in [-0.2, -0.15) is 5.10 Å². The standard InChI is InChI=1S/C19H25N5O/c1-14-18(19(25-4)23(3)22-14)12-20-11-16-6-5-7-17(10-16)13-24-9-8-21-15(24)2/h5-10,20H,11-13H2,1-4H3. The maximum atomic E-state index is 5.44. The zero-order valence-corrected chi connectivity index (χ0v) is 15.3. The monoisotopic (exact) mass is 339 g/mol. The smallest absolute Gasteiger partial charge is 0.216 e. The summed E-state index contributed by atoms with van der Waals surface area (Å²) >= 11 is 0. The predicted octanol–water partition coefficient (Wildman–Crippen LogP) is 2.58. The molecular weight excluding hydrogens is 314 g/mol. The molecule has 0 bridgehead atoms. The van der Waals surface area contributed by atoms with Gasteiger partial charge < -0.3 is 14.6 Å². The van der Waals surface area contributed by atoms with E-state index in [9.17, 15) is 0 Å². The van der Waals surface area contributed by atoms with Crippen molar-refractivity contribution in [2.45, 2.75) is 33.5 Å². The number of aryl methyl sites for hydroxylation is 3. The first-order valence-electron chi connectivity index (χ1n) is 8.41. The Morgan fingerprint density at radius 2 is 1.96 bits per heavy atom. The van der Waals surface area contributed by atoms with Crippen LogP contribution in [0.3, 0.4) is 0 Å². The minimum absolute atomic E-state index is 0.730. The van der Waals surface area contributed by atoms with Crippen LogP contribution in [0.2, 0.25) is 0 Å². The summed E-state index contributed by atoms with van der Waals surface area (Å²) in [5.41, 5.74) is 4.64. The van der Waals surface area contributed by atoms with Crippen LogP contribution in [0.25, 0.3) is 0 Å². The highest BCUT2D eigenvalue weighted by Crippen LogP contribution is 2.20. The molecule has 0 atom stereocenters. The summed E-state index contributed by atoms with van der Waals surface area (Å²) in [4.78, 5) is 4.28. The summed E-state index contributed by atoms with van der Waals surface area (Å²) in [6.07, 6.45) is 3.85. The highest BCUT2D eigenvalue weighted by molar-refractivity contribution is 5.31. The second-order valence-electron chi connectivity index (χ2n) is 6.22. The third-order valence-corrected chi connectivity index (χ3v) is 4.38. The van der Waals surface area contributed by atoms with Gasteiger partial charge in [-0.3, -0.25) is 0 Å². The van der Waals surface area contributed by atoms with Crippen LogP contribution >= 0.6 is 0 Å². The zero-order valence-electron chi connectivity index (χ0n) is 15.3. The second kappa shape index (κ2) is 7.53. The summed E-state index contributed by atoms with van der Waals surface area (Å²) in [5, 5.41) is 7.91. The third-order valence-electron chi connectivity index (χ3n) is 4.38. The summed E-state index contributed by atoms with van der Waals surface area (Å²) in [6.45, 7) is 6.40. The van der Waals surface area contributed by atoms with Crippen molar-refractivity contribution in [3.05, 3.63) is 64.9 Å². The van der Waals surface area contributed by atoms with Crippen LogP contribution in [0.4, 0.5) is 0 Å². The van der Waals surface area contributed by atoms with Gasteiger partial charge in [0.2, 0.25) is 5.88 Å². The average Bonchev–Trinajstić information content (AvgIpc) is 3.11. The highest BCUT2D eigenvalue weighted by atomic mass is 16.5. The maximum Gasteiger partial charge on any atom is 0.216 e. The number of benzene rings is 1. The van der Waals surface area contributed by atoms with Crippen molar-refractivity contribution in [2.75, 3.05) is 7.11 Å². The van der Waals surface area contributed by atoms with E-state index in [1.165, 1.54) is 11.1 Å². The van der Waals surface area contributed by atoms with E-state index in [0.29, 0.717) is 0 Å². The summed E-state index contributed by atoms with van der Waals surface area (Å²) in [5.74, 6) is 1.84. The van der Waals surface area contributed by atoms with Gasteiger partial charge in [0.1, 0.15) is 5.82 Å². The van der Waals surface area contributed by atoms with Gasteiger partial charge in [0.05, 0.1) is 18.4 Å². The molecule has 6 nitrogen and oxygen atoms in total. The van der Waals surface area contributed by atoms with Crippen LogP contribution in [-0.4, -0.2) is 26.4 Å². The number of ether oxygens (including phenoxy) is 1. The van der Waals surface area contributed by atoms with Gasteiger partial charge in [-0.05, 0) is 25.0 Å². The Balaban J connectivity index is 1.62. The van der Waals surface area contributed by atoms with Crippen LogP contribution in [0, 0.1) is 13.8 Å². The number of aromatic nitrogens is 4. The molecule has 0 radical (unpaired) electrons. The molecule has 0 aliphatic carbocycles. The molecule has 6 heteroatoms. The van der Waals surface area contributed by atoms with E-state index < -0.39 is 0 Å². The van der Waals surface area contributed by atoms with Gasteiger partial charge in [-0.15, -0.1) is 0 Å². The Hall–Kier alpha value is -2.60. The molecule has 0 saturated carbocycles. The Morgan fingerprint density at radius 3 is 2.68 bits per heavy atom. The second-order valence-corrected chi connectivity index (χ2v) is 6.22. The molecule has 0 spiro atoms. The van der Waals surface area contributed by atoms with E-state index in [0.717, 1.165) is 42.6 Å². The first-order valence-corrected chi connectivity index (χ1v) is 8.41. The van der Waals surface area contributed by atoms with Crippen molar-refractivity contribution in [1.29, 1.82) is 0 Å². The lowest BCUT2D eigenvalue weighted by molar-refractivity contribution is 0.368. The molecule has 25 heavy (non-hydrogen) atoms. The molecule has 0 aliphatic rings. The van der Waals surface area contributed by atoms with E-state index in [4.69, 9.17) is 4.74 Å². The largest absolute Gasteiger partial charge is 0.481 e. The summed E-state index contributed by atoms with van der Waals surface area (Å²) in [7, 11) is 3.58. The first-order chi connectivity index (χ1) is 12.1. The van der Waals surface area contributed by atoms with Crippen molar-refractivity contribution in [3.63, 3.8) is 0 Å². The van der Waals surface area contributed by atoms with Crippen LogP contribution in [0.1, 0.15) is 28.2 Å². The molecule has 0 fully saturated rings. The molecule has 0 amide bonds. The minimum atomic E-state index is 0.730. The van der Waals surface area contributed by atoms with Gasteiger partial charge >= 0.3 is 0 Å². The molecule has 1 N–H and O–H groups in total. The summed E-state index contributed by atoms with van der Waals surface area (Å²) in [6, 6.07) is 8.64. The van der Waals surface area contributed by atoms with Crippen molar-refractivity contribution in [3.8, 4) is 5.88 Å². The van der Waals surface area contributed by atoms with Crippen molar-refractivity contribution in [2.24, 2.45) is 7.05 Å². The molecule has 3 rings (SSSR count). The molecule has 2 aromatic heterocycles. The normalized spacial score (nSPS) is 11.0. The van der Waals surface area contributed by atoms with E-state index >= 15 is 0 Å². The lowest BCUT2D eigenvalue weighted by Gasteiger charge is -2.09. The SMILES string of the molecule is COc1c(CNCc2cccc(Cn3ccnc3C)c2)c(C)nn1C. The lowest BCUT2D eigenvalue weighted by Crippen LogP contribution is -2.14. The molecule has 1 aromatic carbocycles. The molecule has 3 aromatic rings. The maximum absolute atomic E-state index is 5.44. The van der Waals surface area contributed by atoms with Crippen LogP contribution < -0.4 is 10.1 Å². The molecule has 0 unspecified atom stereocenters. The number of imidazole rings is 1. The fourth-order valence-corrected chi connectivity index (χ4v) is 3.08. The Kier molecular flexibility index (Phi) is 5.19. The highest BCUT2D eigenvalue weighted by Gasteiger charge is 2.13. The molecule has 2 heterocycles. The van der Waals surface area contributed by atoms with Crippen molar-refractivity contribution >= 4 is 0 Å². The van der Waals surface area contributed by atoms with Crippen LogP contribution in [0.5, 0.6) is 5.88 Å². The van der Waals surface area contributed by atoms with E-state index in [1.807, 2.05) is 33.3 Å². The molecule has 132 valence electrons. The van der Waals surface area contributed by atoms with Crippen LogP contribution in [-0.2, 0) is 26.7 Å². The Labute approximate surface area is 148 Å². The Bertz CT molecular complexity index is 849. The number of hydrogen-bond donors (Lipinski definition) is 1. The average molecular weight is 339 g/mol. The number of nitrogens with one attached hydrogen (secondary N) is 1. The van der Waals surface area contributed by atoms with Crippen LogP contribution in [0.15, 0.2) is 36.7 Å². The lowest BCUT2D eigenvalue weighted by atomic mass is 10.1. The summed E-state index contributed by atoms with van der Waals surface area (Å²) < 4.78 is 9.37. The fourth-order valence-electron chi connectivity index (χ4n) is 3.08. The van der Waals surface area contributed by atoms with Gasteiger partial charge in [0, 0.05) is 39.1 Å². The predicted molar refractivity (Wildman–Crippen MR) is 97.5 cm³/mol. The fraction of sp³-hybridized carbons (Fsp3) is 0.368. The van der Waals surface area contributed by atoms with E-state index in [1.54, 1.807) is 11.8 Å². The molecule has 0 aliphatic heterocycles. The van der Waals surface area contributed by atoms with Gasteiger partial charge in [0.15, 0.2) is 0 Å². The van der Waals surface area contributed by atoms with E-state index in [2.05, 4.69) is 44.2 Å². The molecular formula is C19H25N5O.